The summed E-state index contributed by atoms with van der Waals surface area (Å²) >= 11 is 1.42. The van der Waals surface area contributed by atoms with Gasteiger partial charge in [-0.1, -0.05) is 0 Å². The van der Waals surface area contributed by atoms with E-state index in [1.54, 1.807) is 13.1 Å². The van der Waals surface area contributed by atoms with E-state index in [9.17, 15) is 13.5 Å². The molecule has 0 bridgehead atoms. The number of thiazole rings is 1. The van der Waals surface area contributed by atoms with Gasteiger partial charge in [-0.15, -0.1) is 11.3 Å². The van der Waals surface area contributed by atoms with Gasteiger partial charge in [0.2, 0.25) is 0 Å². The zero-order valence-corrected chi connectivity index (χ0v) is 12.1. The smallest absolute Gasteiger partial charge is 0.260 e. The van der Waals surface area contributed by atoms with Crippen LogP contribution in [0, 0.1) is 13.8 Å². The maximum absolute atomic E-state index is 12.1. The van der Waals surface area contributed by atoms with Crippen molar-refractivity contribution in [3.05, 3.63) is 27.3 Å². The molecule has 0 fully saturated rings. The first-order valence-corrected chi connectivity index (χ1v) is 7.79. The summed E-state index contributed by atoms with van der Waals surface area (Å²) in [6, 6.07) is 0. The average molecular weight is 302 g/mol. The van der Waals surface area contributed by atoms with Crippen molar-refractivity contribution in [2.24, 2.45) is 0 Å². The quantitative estimate of drug-likeness (QED) is 0.743. The maximum Gasteiger partial charge on any atom is 0.260 e. The number of aliphatic hydroxyl groups excluding tert-OH is 1. The molecule has 0 aliphatic carbocycles. The van der Waals surface area contributed by atoms with Gasteiger partial charge >= 0.3 is 0 Å². The predicted molar refractivity (Wildman–Crippen MR) is 70.1 cm³/mol. The maximum atomic E-state index is 12.1. The molecule has 3 N–H and O–H groups in total. The Kier molecular flexibility index (Phi) is 3.99. The van der Waals surface area contributed by atoms with Gasteiger partial charge in [-0.05, 0) is 13.8 Å². The first kappa shape index (κ1) is 14.1. The normalized spacial score (nSPS) is 11.9. The van der Waals surface area contributed by atoms with Crippen LogP contribution in [0.25, 0.3) is 0 Å². The Morgan fingerprint density at radius 2 is 2.21 bits per heavy atom. The largest absolute Gasteiger partial charge is 0.392 e. The van der Waals surface area contributed by atoms with Crippen LogP contribution in [0.3, 0.4) is 0 Å². The van der Waals surface area contributed by atoms with E-state index in [0.717, 1.165) is 9.88 Å². The van der Waals surface area contributed by atoms with Crippen LogP contribution >= 0.6 is 11.3 Å². The Morgan fingerprint density at radius 3 is 2.79 bits per heavy atom. The molecule has 0 radical (unpaired) electrons. The minimum atomic E-state index is -3.74. The van der Waals surface area contributed by atoms with Crippen molar-refractivity contribution in [1.82, 2.24) is 19.9 Å². The highest BCUT2D eigenvalue weighted by Gasteiger charge is 2.23. The molecule has 104 valence electrons. The fourth-order valence-corrected chi connectivity index (χ4v) is 3.58. The van der Waals surface area contributed by atoms with Crippen LogP contribution in [0.15, 0.2) is 11.2 Å². The molecular weight excluding hydrogens is 288 g/mol. The second kappa shape index (κ2) is 5.37. The van der Waals surface area contributed by atoms with Crippen molar-refractivity contribution in [2.75, 3.05) is 0 Å². The molecule has 7 nitrogen and oxygen atoms in total. The predicted octanol–water partition coefficient (Wildman–Crippen LogP) is 0.454. The number of nitrogens with one attached hydrogen (secondary N) is 2. The minimum Gasteiger partial charge on any atom is -0.392 e. The van der Waals surface area contributed by atoms with E-state index in [0.29, 0.717) is 5.69 Å². The number of aryl methyl sites for hydroxylation is 2. The molecule has 0 amide bonds. The number of hydrogen-bond acceptors (Lipinski definition) is 6. The molecule has 0 aromatic carbocycles. The van der Waals surface area contributed by atoms with E-state index in [4.69, 9.17) is 0 Å². The first-order valence-electron chi connectivity index (χ1n) is 5.49. The zero-order valence-electron chi connectivity index (χ0n) is 10.5. The molecule has 0 unspecified atom stereocenters. The molecule has 0 saturated carbocycles. The second-order valence-electron chi connectivity index (χ2n) is 3.96. The monoisotopic (exact) mass is 302 g/mol. The molecule has 0 aliphatic heterocycles. The molecule has 0 atom stereocenters. The third kappa shape index (κ3) is 3.00. The molecule has 2 rings (SSSR count). The minimum absolute atomic E-state index is 0.157. The third-order valence-electron chi connectivity index (χ3n) is 2.55. The highest BCUT2D eigenvalue weighted by molar-refractivity contribution is 7.89. The van der Waals surface area contributed by atoms with E-state index >= 15 is 0 Å². The number of aliphatic hydroxyl groups is 1. The summed E-state index contributed by atoms with van der Waals surface area (Å²) in [5.74, 6) is 0. The van der Waals surface area contributed by atoms with Gasteiger partial charge in [0.1, 0.15) is 0 Å². The standard InChI is InChI=1S/C10H14N4O3S2/c1-6-9(5-15)10(14-13-6)19(16,17)12-4-8-3-11-7(2)18-8/h3,12,15H,4-5H2,1-2H3,(H,13,14). The highest BCUT2D eigenvalue weighted by atomic mass is 32.2. The van der Waals surface area contributed by atoms with Crippen LogP contribution in [0.1, 0.15) is 21.1 Å². The number of nitrogens with zero attached hydrogens (tertiary/aromatic N) is 2. The van der Waals surface area contributed by atoms with Crippen LogP contribution in [0.2, 0.25) is 0 Å². The summed E-state index contributed by atoms with van der Waals surface area (Å²) in [5.41, 5.74) is 0.824. The van der Waals surface area contributed by atoms with Gasteiger partial charge < -0.3 is 5.11 Å². The first-order chi connectivity index (χ1) is 8.94. The van der Waals surface area contributed by atoms with Crippen molar-refractivity contribution in [3.8, 4) is 0 Å². The van der Waals surface area contributed by atoms with Gasteiger partial charge in [0.15, 0.2) is 5.03 Å². The van der Waals surface area contributed by atoms with Crippen LogP contribution in [-0.4, -0.2) is 28.7 Å². The van der Waals surface area contributed by atoms with Gasteiger partial charge in [-0.2, -0.15) is 5.10 Å². The summed E-state index contributed by atoms with van der Waals surface area (Å²) in [7, 11) is -3.74. The summed E-state index contributed by atoms with van der Waals surface area (Å²) in [6.45, 7) is 3.29. The molecule has 9 heteroatoms. The number of sulfonamides is 1. The fourth-order valence-electron chi connectivity index (χ4n) is 1.56. The molecule has 2 aromatic heterocycles. The third-order valence-corrected chi connectivity index (χ3v) is 4.84. The van der Waals surface area contributed by atoms with Crippen molar-refractivity contribution >= 4 is 21.4 Å². The molecule has 2 aromatic rings. The number of rotatable bonds is 5. The summed E-state index contributed by atoms with van der Waals surface area (Å²) in [4.78, 5) is 4.87. The van der Waals surface area contributed by atoms with Gasteiger partial charge in [0.05, 0.1) is 11.6 Å². The molecule has 0 aliphatic rings. The van der Waals surface area contributed by atoms with Crippen LogP contribution in [0.4, 0.5) is 0 Å². The van der Waals surface area contributed by atoms with E-state index in [-0.39, 0.29) is 23.7 Å². The molecule has 0 spiro atoms. The van der Waals surface area contributed by atoms with Crippen molar-refractivity contribution in [1.29, 1.82) is 0 Å². The Labute approximate surface area is 114 Å². The van der Waals surface area contributed by atoms with Gasteiger partial charge in [-0.25, -0.2) is 18.1 Å². The number of H-pyrrole nitrogens is 1. The van der Waals surface area contributed by atoms with Gasteiger partial charge in [-0.3, -0.25) is 5.10 Å². The molecule has 0 saturated heterocycles. The lowest BCUT2D eigenvalue weighted by molar-refractivity contribution is 0.277. The van der Waals surface area contributed by atoms with Crippen molar-refractivity contribution < 1.29 is 13.5 Å². The topological polar surface area (TPSA) is 108 Å². The average Bonchev–Trinajstić information content (AvgIpc) is 2.93. The Morgan fingerprint density at radius 1 is 1.47 bits per heavy atom. The summed E-state index contributed by atoms with van der Waals surface area (Å²) < 4.78 is 26.6. The number of aromatic amines is 1. The van der Waals surface area contributed by atoms with E-state index in [1.807, 2.05) is 6.92 Å². The van der Waals surface area contributed by atoms with Gasteiger partial charge in [0, 0.05) is 28.9 Å². The van der Waals surface area contributed by atoms with Crippen LogP contribution < -0.4 is 4.72 Å². The lowest BCUT2D eigenvalue weighted by Crippen LogP contribution is -2.24. The molecule has 19 heavy (non-hydrogen) atoms. The van der Waals surface area contributed by atoms with Crippen LogP contribution in [-0.2, 0) is 23.2 Å². The summed E-state index contributed by atoms with van der Waals surface area (Å²) in [5, 5.41) is 16.2. The lowest BCUT2D eigenvalue weighted by atomic mass is 10.3. The Bertz CT molecular complexity index is 675. The van der Waals surface area contributed by atoms with E-state index < -0.39 is 10.0 Å². The fraction of sp³-hybridized carbons (Fsp3) is 0.400. The van der Waals surface area contributed by atoms with Crippen LogP contribution in [0.5, 0.6) is 0 Å². The van der Waals surface area contributed by atoms with E-state index in [1.165, 1.54) is 11.3 Å². The highest BCUT2D eigenvalue weighted by Crippen LogP contribution is 2.17. The summed E-state index contributed by atoms with van der Waals surface area (Å²) in [6.07, 6.45) is 1.63. The van der Waals surface area contributed by atoms with E-state index in [2.05, 4.69) is 19.9 Å². The van der Waals surface area contributed by atoms with Crippen molar-refractivity contribution in [2.45, 2.75) is 32.0 Å². The zero-order chi connectivity index (χ0) is 14.0. The number of aromatic nitrogens is 3. The lowest BCUT2D eigenvalue weighted by Gasteiger charge is -2.04. The van der Waals surface area contributed by atoms with Gasteiger partial charge in [0.25, 0.3) is 10.0 Å². The molecular formula is C10H14N4O3S2. The second-order valence-corrected chi connectivity index (χ2v) is 6.96. The molecule has 2 heterocycles. The number of hydrogen-bond donors (Lipinski definition) is 3. The SMILES string of the molecule is Cc1ncc(CNS(=O)(=O)c2n[nH]c(C)c2CO)s1. The van der Waals surface area contributed by atoms with Crippen molar-refractivity contribution in [3.63, 3.8) is 0 Å². The Balaban J connectivity index is 2.18. The Hall–Kier alpha value is -1.29.